The molecular formula is C17H25NO3. The Hall–Kier alpha value is -1.55. The fourth-order valence-electron chi connectivity index (χ4n) is 2.71. The van der Waals surface area contributed by atoms with Crippen LogP contribution in [-0.4, -0.2) is 34.3 Å². The maximum atomic E-state index is 12.4. The average molecular weight is 291 g/mol. The molecule has 1 N–H and O–H groups in total. The summed E-state index contributed by atoms with van der Waals surface area (Å²) in [5.74, 6) is 0. The van der Waals surface area contributed by atoms with Crippen LogP contribution in [0.25, 0.3) is 0 Å². The predicted molar refractivity (Wildman–Crippen MR) is 82.0 cm³/mol. The van der Waals surface area contributed by atoms with Gasteiger partial charge in [-0.1, -0.05) is 30.3 Å². The van der Waals surface area contributed by atoms with Crippen molar-refractivity contribution in [2.24, 2.45) is 0 Å². The second-order valence-corrected chi connectivity index (χ2v) is 6.59. The van der Waals surface area contributed by atoms with Crippen LogP contribution in [0.5, 0.6) is 0 Å². The van der Waals surface area contributed by atoms with Crippen molar-refractivity contribution < 1.29 is 14.6 Å². The third-order valence-electron chi connectivity index (χ3n) is 3.68. The fraction of sp³-hybridized carbons (Fsp3) is 0.588. The van der Waals surface area contributed by atoms with Gasteiger partial charge >= 0.3 is 6.09 Å². The summed E-state index contributed by atoms with van der Waals surface area (Å²) in [7, 11) is 0. The molecule has 2 atom stereocenters. The van der Waals surface area contributed by atoms with Crippen LogP contribution in [0, 0.1) is 0 Å². The van der Waals surface area contributed by atoms with Crippen LogP contribution >= 0.6 is 0 Å². The van der Waals surface area contributed by atoms with Gasteiger partial charge in [-0.15, -0.1) is 0 Å². The van der Waals surface area contributed by atoms with Crippen molar-refractivity contribution in [3.8, 4) is 0 Å². The number of hydrogen-bond donors (Lipinski definition) is 1. The van der Waals surface area contributed by atoms with E-state index in [0.29, 0.717) is 6.54 Å². The molecular weight excluding hydrogens is 266 g/mol. The number of likely N-dealkylation sites (tertiary alicyclic amines) is 1. The Bertz CT molecular complexity index is 467. The van der Waals surface area contributed by atoms with Crippen molar-refractivity contribution in [2.45, 2.75) is 57.8 Å². The molecule has 4 nitrogen and oxygen atoms in total. The molecule has 116 valence electrons. The molecule has 0 radical (unpaired) electrons. The number of amides is 1. The summed E-state index contributed by atoms with van der Waals surface area (Å²) in [5, 5.41) is 10.6. The van der Waals surface area contributed by atoms with Crippen molar-refractivity contribution in [1.29, 1.82) is 0 Å². The van der Waals surface area contributed by atoms with E-state index in [0.717, 1.165) is 24.8 Å². The Morgan fingerprint density at radius 2 is 1.95 bits per heavy atom. The van der Waals surface area contributed by atoms with Gasteiger partial charge in [-0.2, -0.15) is 0 Å². The van der Waals surface area contributed by atoms with Crippen molar-refractivity contribution >= 4 is 6.09 Å². The third-order valence-corrected chi connectivity index (χ3v) is 3.68. The number of ether oxygens (including phenoxy) is 1. The van der Waals surface area contributed by atoms with Gasteiger partial charge in [0.05, 0.1) is 12.1 Å². The molecule has 1 heterocycles. The van der Waals surface area contributed by atoms with Gasteiger partial charge in [-0.05, 0) is 45.6 Å². The number of aliphatic hydroxyl groups is 1. The number of carbonyl (C=O) groups excluding carboxylic acids is 1. The van der Waals surface area contributed by atoms with E-state index in [1.165, 1.54) is 0 Å². The number of benzene rings is 1. The molecule has 1 aliphatic rings. The van der Waals surface area contributed by atoms with Gasteiger partial charge in [0.15, 0.2) is 0 Å². The predicted octanol–water partition coefficient (Wildman–Crippen LogP) is 3.51. The Morgan fingerprint density at radius 1 is 1.29 bits per heavy atom. The van der Waals surface area contributed by atoms with Crippen LogP contribution in [0.3, 0.4) is 0 Å². The molecule has 1 saturated heterocycles. The zero-order valence-electron chi connectivity index (χ0n) is 13.1. The second kappa shape index (κ2) is 6.48. The number of aliphatic hydroxyl groups excluding tert-OH is 1. The molecule has 1 aromatic carbocycles. The standard InChI is InChI=1S/C17H25NO3/c1-17(2,3)21-16(20)18-12-8-7-11-14(18)15(19)13-9-5-4-6-10-13/h4-6,9-10,14-15,19H,7-8,11-12H2,1-3H3/t14-,15?/m0/s1. The van der Waals surface area contributed by atoms with Crippen molar-refractivity contribution in [2.75, 3.05) is 6.54 Å². The van der Waals surface area contributed by atoms with E-state index in [9.17, 15) is 9.90 Å². The number of rotatable bonds is 2. The van der Waals surface area contributed by atoms with Gasteiger partial charge in [0.2, 0.25) is 0 Å². The van der Waals surface area contributed by atoms with Gasteiger partial charge in [-0.25, -0.2) is 4.79 Å². The van der Waals surface area contributed by atoms with Crippen LogP contribution in [0.15, 0.2) is 30.3 Å². The van der Waals surface area contributed by atoms with E-state index < -0.39 is 11.7 Å². The van der Waals surface area contributed by atoms with Crippen molar-refractivity contribution in [1.82, 2.24) is 4.90 Å². The van der Waals surface area contributed by atoms with E-state index in [4.69, 9.17) is 4.74 Å². The van der Waals surface area contributed by atoms with Gasteiger partial charge in [0.25, 0.3) is 0 Å². The summed E-state index contributed by atoms with van der Waals surface area (Å²) in [5.41, 5.74) is 0.328. The monoisotopic (exact) mass is 291 g/mol. The topological polar surface area (TPSA) is 49.8 Å². The summed E-state index contributed by atoms with van der Waals surface area (Å²) in [6.07, 6.45) is 1.78. The largest absolute Gasteiger partial charge is 0.444 e. The maximum Gasteiger partial charge on any atom is 0.410 e. The van der Waals surface area contributed by atoms with Gasteiger partial charge in [0, 0.05) is 6.54 Å². The minimum absolute atomic E-state index is 0.212. The van der Waals surface area contributed by atoms with Crippen LogP contribution in [0.1, 0.15) is 51.7 Å². The Labute approximate surface area is 126 Å². The molecule has 1 unspecified atom stereocenters. The molecule has 2 rings (SSSR count). The van der Waals surface area contributed by atoms with Crippen molar-refractivity contribution in [3.05, 3.63) is 35.9 Å². The Kier molecular flexibility index (Phi) is 4.88. The van der Waals surface area contributed by atoms with E-state index in [2.05, 4.69) is 0 Å². The lowest BCUT2D eigenvalue weighted by Crippen LogP contribution is -2.48. The number of piperidine rings is 1. The minimum Gasteiger partial charge on any atom is -0.444 e. The molecule has 0 aromatic heterocycles. The number of hydrogen-bond acceptors (Lipinski definition) is 3. The first kappa shape index (κ1) is 15.8. The van der Waals surface area contributed by atoms with E-state index >= 15 is 0 Å². The van der Waals surface area contributed by atoms with Crippen LogP contribution in [0.2, 0.25) is 0 Å². The quantitative estimate of drug-likeness (QED) is 0.907. The molecule has 1 aromatic rings. The molecule has 0 aliphatic carbocycles. The van der Waals surface area contributed by atoms with Gasteiger partial charge in [-0.3, -0.25) is 0 Å². The summed E-state index contributed by atoms with van der Waals surface area (Å²) >= 11 is 0. The summed E-state index contributed by atoms with van der Waals surface area (Å²) in [6, 6.07) is 9.30. The van der Waals surface area contributed by atoms with Gasteiger partial charge in [0.1, 0.15) is 5.60 Å². The Balaban J connectivity index is 2.13. The van der Waals surface area contributed by atoms with Crippen LogP contribution in [-0.2, 0) is 4.74 Å². The maximum absolute atomic E-state index is 12.4. The highest BCUT2D eigenvalue weighted by molar-refractivity contribution is 5.68. The summed E-state index contributed by atoms with van der Waals surface area (Å²) in [4.78, 5) is 14.0. The smallest absolute Gasteiger partial charge is 0.410 e. The SMILES string of the molecule is CC(C)(C)OC(=O)N1CCCC[C@H]1C(O)c1ccccc1. The zero-order chi connectivity index (χ0) is 15.5. The van der Waals surface area contributed by atoms with Crippen molar-refractivity contribution in [3.63, 3.8) is 0 Å². The first-order valence-electron chi connectivity index (χ1n) is 7.61. The van der Waals surface area contributed by atoms with Crippen LogP contribution < -0.4 is 0 Å². The zero-order valence-corrected chi connectivity index (χ0v) is 13.1. The normalized spacial score (nSPS) is 21.0. The van der Waals surface area contributed by atoms with E-state index in [1.807, 2.05) is 51.1 Å². The fourth-order valence-corrected chi connectivity index (χ4v) is 2.71. The lowest BCUT2D eigenvalue weighted by Gasteiger charge is -2.39. The molecule has 0 saturated carbocycles. The highest BCUT2D eigenvalue weighted by Crippen LogP contribution is 2.29. The Morgan fingerprint density at radius 3 is 2.57 bits per heavy atom. The number of nitrogens with zero attached hydrogens (tertiary/aromatic N) is 1. The summed E-state index contributed by atoms with van der Waals surface area (Å²) in [6.45, 7) is 6.22. The third kappa shape index (κ3) is 4.21. The average Bonchev–Trinajstić information content (AvgIpc) is 2.45. The second-order valence-electron chi connectivity index (χ2n) is 6.59. The molecule has 4 heteroatoms. The highest BCUT2D eigenvalue weighted by atomic mass is 16.6. The van der Waals surface area contributed by atoms with E-state index in [-0.39, 0.29) is 12.1 Å². The molecule has 0 spiro atoms. The highest BCUT2D eigenvalue weighted by Gasteiger charge is 2.35. The van der Waals surface area contributed by atoms with Gasteiger partial charge < -0.3 is 14.7 Å². The molecule has 21 heavy (non-hydrogen) atoms. The molecule has 0 bridgehead atoms. The van der Waals surface area contributed by atoms with Crippen LogP contribution in [0.4, 0.5) is 4.79 Å². The first-order valence-corrected chi connectivity index (χ1v) is 7.61. The van der Waals surface area contributed by atoms with E-state index in [1.54, 1.807) is 4.90 Å². The molecule has 1 amide bonds. The minimum atomic E-state index is -0.668. The molecule has 1 fully saturated rings. The number of carbonyl (C=O) groups is 1. The molecule has 1 aliphatic heterocycles. The first-order chi connectivity index (χ1) is 9.88. The summed E-state index contributed by atoms with van der Waals surface area (Å²) < 4.78 is 5.47. The lowest BCUT2D eigenvalue weighted by atomic mass is 9.93. The lowest BCUT2D eigenvalue weighted by molar-refractivity contribution is -0.0169.